The average Bonchev–Trinajstić information content (AvgIpc) is 3.11. The Morgan fingerprint density at radius 1 is 1.00 bits per heavy atom. The number of nitrogens with zero attached hydrogens (tertiary/aromatic N) is 1. The molecular formula is C20H19NOS. The Hall–Kier alpha value is -2.39. The van der Waals surface area contributed by atoms with Gasteiger partial charge < -0.3 is 4.74 Å². The third kappa shape index (κ3) is 3.88. The van der Waals surface area contributed by atoms with Crippen LogP contribution in [-0.2, 0) is 0 Å². The lowest BCUT2D eigenvalue weighted by Gasteiger charge is -2.11. The summed E-state index contributed by atoms with van der Waals surface area (Å²) in [5.41, 5.74) is 3.54. The van der Waals surface area contributed by atoms with E-state index in [1.807, 2.05) is 30.5 Å². The SMILES string of the molecule is COc1ccc(C=N[C@H](c2ccc(C)cc2)c2cccs2)cc1. The quantitative estimate of drug-likeness (QED) is 0.586. The summed E-state index contributed by atoms with van der Waals surface area (Å²) in [6, 6.07) is 20.8. The number of rotatable bonds is 5. The minimum atomic E-state index is 0.0395. The molecule has 1 atom stereocenters. The van der Waals surface area contributed by atoms with Crippen LogP contribution in [0.3, 0.4) is 0 Å². The van der Waals surface area contributed by atoms with E-state index < -0.39 is 0 Å². The Labute approximate surface area is 141 Å². The fourth-order valence-electron chi connectivity index (χ4n) is 2.37. The zero-order valence-corrected chi connectivity index (χ0v) is 14.1. The molecule has 3 heteroatoms. The predicted octanol–water partition coefficient (Wildman–Crippen LogP) is 5.27. The number of thiophene rings is 1. The monoisotopic (exact) mass is 321 g/mol. The van der Waals surface area contributed by atoms with Crippen molar-refractivity contribution in [3.8, 4) is 5.75 Å². The van der Waals surface area contributed by atoms with Crippen molar-refractivity contribution in [1.82, 2.24) is 0 Å². The van der Waals surface area contributed by atoms with Gasteiger partial charge in [0.2, 0.25) is 0 Å². The van der Waals surface area contributed by atoms with Gasteiger partial charge in [-0.15, -0.1) is 11.3 Å². The zero-order valence-electron chi connectivity index (χ0n) is 13.3. The van der Waals surface area contributed by atoms with Gasteiger partial charge in [0, 0.05) is 11.1 Å². The number of aliphatic imine (C=N–C) groups is 1. The second kappa shape index (κ2) is 7.25. The van der Waals surface area contributed by atoms with Crippen molar-refractivity contribution in [2.45, 2.75) is 13.0 Å². The molecule has 116 valence electrons. The van der Waals surface area contributed by atoms with E-state index >= 15 is 0 Å². The molecule has 0 spiro atoms. The lowest BCUT2D eigenvalue weighted by atomic mass is 10.0. The van der Waals surface area contributed by atoms with Crippen LogP contribution >= 0.6 is 11.3 Å². The van der Waals surface area contributed by atoms with Gasteiger partial charge in [-0.3, -0.25) is 4.99 Å². The Morgan fingerprint density at radius 2 is 1.74 bits per heavy atom. The normalized spacial score (nSPS) is 12.4. The molecule has 3 aromatic rings. The predicted molar refractivity (Wildman–Crippen MR) is 97.9 cm³/mol. The highest BCUT2D eigenvalue weighted by Crippen LogP contribution is 2.29. The van der Waals surface area contributed by atoms with Crippen LogP contribution in [0.25, 0.3) is 0 Å². The maximum atomic E-state index is 5.19. The molecular weight excluding hydrogens is 302 g/mol. The Balaban J connectivity index is 1.89. The third-order valence-electron chi connectivity index (χ3n) is 3.69. The van der Waals surface area contributed by atoms with Crippen molar-refractivity contribution in [2.75, 3.05) is 7.11 Å². The van der Waals surface area contributed by atoms with Gasteiger partial charge in [-0.25, -0.2) is 0 Å². The van der Waals surface area contributed by atoms with Gasteiger partial charge in [-0.2, -0.15) is 0 Å². The first kappa shape index (κ1) is 15.5. The zero-order chi connectivity index (χ0) is 16.1. The Morgan fingerprint density at radius 3 is 2.35 bits per heavy atom. The molecule has 0 unspecified atom stereocenters. The van der Waals surface area contributed by atoms with Crippen LogP contribution in [0.1, 0.15) is 27.6 Å². The van der Waals surface area contributed by atoms with Crippen LogP contribution < -0.4 is 4.74 Å². The molecule has 0 saturated carbocycles. The molecule has 0 aliphatic carbocycles. The van der Waals surface area contributed by atoms with Crippen LogP contribution in [0, 0.1) is 6.92 Å². The lowest BCUT2D eigenvalue weighted by molar-refractivity contribution is 0.415. The molecule has 23 heavy (non-hydrogen) atoms. The Bertz CT molecular complexity index is 758. The molecule has 0 aliphatic heterocycles. The second-order valence-corrected chi connectivity index (χ2v) is 6.36. The molecule has 2 aromatic carbocycles. The van der Waals surface area contributed by atoms with Gasteiger partial charge in [0.05, 0.1) is 7.11 Å². The van der Waals surface area contributed by atoms with Gasteiger partial charge in [0.1, 0.15) is 11.8 Å². The summed E-state index contributed by atoms with van der Waals surface area (Å²) in [6.45, 7) is 2.10. The maximum Gasteiger partial charge on any atom is 0.118 e. The summed E-state index contributed by atoms with van der Waals surface area (Å²) >= 11 is 1.74. The number of hydrogen-bond donors (Lipinski definition) is 0. The van der Waals surface area contributed by atoms with Crippen LogP contribution in [0.5, 0.6) is 5.75 Å². The molecule has 0 radical (unpaired) electrons. The highest BCUT2D eigenvalue weighted by atomic mass is 32.1. The number of hydrogen-bond acceptors (Lipinski definition) is 3. The van der Waals surface area contributed by atoms with Gasteiger partial charge in [0.25, 0.3) is 0 Å². The molecule has 0 fully saturated rings. The molecule has 3 rings (SSSR count). The van der Waals surface area contributed by atoms with Gasteiger partial charge in [-0.1, -0.05) is 35.9 Å². The lowest BCUT2D eigenvalue weighted by Crippen LogP contribution is -1.97. The highest BCUT2D eigenvalue weighted by Gasteiger charge is 2.13. The molecule has 0 aliphatic rings. The van der Waals surface area contributed by atoms with Crippen LogP contribution in [0.15, 0.2) is 71.0 Å². The number of methoxy groups -OCH3 is 1. The fourth-order valence-corrected chi connectivity index (χ4v) is 3.17. The molecule has 0 amide bonds. The molecule has 1 aromatic heterocycles. The first-order chi connectivity index (χ1) is 11.3. The summed E-state index contributed by atoms with van der Waals surface area (Å²) in [5, 5.41) is 2.10. The maximum absolute atomic E-state index is 5.19. The van der Waals surface area contributed by atoms with Crippen molar-refractivity contribution in [3.05, 3.63) is 87.6 Å². The molecule has 0 N–H and O–H groups in total. The second-order valence-electron chi connectivity index (χ2n) is 5.38. The van der Waals surface area contributed by atoms with Crippen LogP contribution in [0.2, 0.25) is 0 Å². The standard InChI is InChI=1S/C20H19NOS/c1-15-5-9-17(10-6-15)20(19-4-3-13-23-19)21-14-16-7-11-18(22-2)12-8-16/h3-14,20H,1-2H3/t20-/m1/s1. The summed E-state index contributed by atoms with van der Waals surface area (Å²) < 4.78 is 5.19. The van der Waals surface area contributed by atoms with Crippen molar-refractivity contribution < 1.29 is 4.74 Å². The third-order valence-corrected chi connectivity index (χ3v) is 4.62. The van der Waals surface area contributed by atoms with E-state index in [4.69, 9.17) is 9.73 Å². The number of aryl methyl sites for hydroxylation is 1. The first-order valence-corrected chi connectivity index (χ1v) is 8.41. The van der Waals surface area contributed by atoms with E-state index in [9.17, 15) is 0 Å². The van der Waals surface area contributed by atoms with Crippen molar-refractivity contribution >= 4 is 17.6 Å². The minimum absolute atomic E-state index is 0.0395. The van der Waals surface area contributed by atoms with E-state index in [1.165, 1.54) is 16.0 Å². The summed E-state index contributed by atoms with van der Waals surface area (Å²) in [6.07, 6.45) is 1.93. The molecule has 0 saturated heterocycles. The van der Waals surface area contributed by atoms with Crippen LogP contribution in [0.4, 0.5) is 0 Å². The van der Waals surface area contributed by atoms with E-state index in [0.717, 1.165) is 11.3 Å². The summed E-state index contributed by atoms with van der Waals surface area (Å²) in [4.78, 5) is 6.09. The molecule has 0 bridgehead atoms. The smallest absolute Gasteiger partial charge is 0.118 e. The average molecular weight is 321 g/mol. The largest absolute Gasteiger partial charge is 0.497 e. The van der Waals surface area contributed by atoms with E-state index in [1.54, 1.807) is 18.4 Å². The Kier molecular flexibility index (Phi) is 4.89. The topological polar surface area (TPSA) is 21.6 Å². The van der Waals surface area contributed by atoms with Crippen molar-refractivity contribution in [2.24, 2.45) is 4.99 Å². The van der Waals surface area contributed by atoms with Crippen molar-refractivity contribution in [1.29, 1.82) is 0 Å². The van der Waals surface area contributed by atoms with Gasteiger partial charge in [0.15, 0.2) is 0 Å². The summed E-state index contributed by atoms with van der Waals surface area (Å²) in [7, 11) is 1.67. The van der Waals surface area contributed by atoms with E-state index in [-0.39, 0.29) is 6.04 Å². The first-order valence-electron chi connectivity index (χ1n) is 7.53. The minimum Gasteiger partial charge on any atom is -0.497 e. The van der Waals surface area contributed by atoms with E-state index in [2.05, 4.69) is 48.7 Å². The number of benzene rings is 2. The fraction of sp³-hybridized carbons (Fsp3) is 0.150. The van der Waals surface area contributed by atoms with Gasteiger partial charge >= 0.3 is 0 Å². The van der Waals surface area contributed by atoms with Crippen molar-refractivity contribution in [3.63, 3.8) is 0 Å². The molecule has 1 heterocycles. The number of ether oxygens (including phenoxy) is 1. The van der Waals surface area contributed by atoms with Crippen LogP contribution in [-0.4, -0.2) is 13.3 Å². The van der Waals surface area contributed by atoms with E-state index in [0.29, 0.717) is 0 Å². The summed E-state index contributed by atoms with van der Waals surface area (Å²) in [5.74, 6) is 0.857. The van der Waals surface area contributed by atoms with Gasteiger partial charge in [-0.05, 0) is 53.8 Å². The highest BCUT2D eigenvalue weighted by molar-refractivity contribution is 7.10. The molecule has 2 nitrogen and oxygen atoms in total.